The van der Waals surface area contributed by atoms with Gasteiger partial charge in [-0.1, -0.05) is 18.2 Å². The average molecular weight is 161 g/mol. The summed E-state index contributed by atoms with van der Waals surface area (Å²) in [5.41, 5.74) is 1.07. The smallest absolute Gasteiger partial charge is 0.216 e. The standard InChI is InChI=1S/C10H11NO/c1-8-7-12-10(11-8)9-5-3-2-4-6-9/h2-6,8H,7H2,1H3/t8-/m0/s1. The second-order valence-corrected chi connectivity index (χ2v) is 2.96. The van der Waals surface area contributed by atoms with E-state index in [1.807, 2.05) is 30.3 Å². The molecule has 2 heteroatoms. The molecule has 2 rings (SSSR count). The van der Waals surface area contributed by atoms with E-state index in [1.54, 1.807) is 0 Å². The molecule has 0 spiro atoms. The third kappa shape index (κ3) is 1.33. The van der Waals surface area contributed by atoms with E-state index in [-0.39, 0.29) is 0 Å². The molecule has 1 atom stereocenters. The molecular weight excluding hydrogens is 150 g/mol. The highest BCUT2D eigenvalue weighted by atomic mass is 16.5. The van der Waals surface area contributed by atoms with E-state index in [4.69, 9.17) is 4.74 Å². The van der Waals surface area contributed by atoms with Crippen LogP contribution in [0.3, 0.4) is 0 Å². The van der Waals surface area contributed by atoms with E-state index >= 15 is 0 Å². The summed E-state index contributed by atoms with van der Waals surface area (Å²) in [6.45, 7) is 2.76. The summed E-state index contributed by atoms with van der Waals surface area (Å²) in [6, 6.07) is 10.3. The van der Waals surface area contributed by atoms with Gasteiger partial charge >= 0.3 is 0 Å². The summed E-state index contributed by atoms with van der Waals surface area (Å²) in [5.74, 6) is 0.781. The van der Waals surface area contributed by atoms with Crippen LogP contribution in [0, 0.1) is 0 Å². The van der Waals surface area contributed by atoms with Gasteiger partial charge in [-0.15, -0.1) is 0 Å². The molecule has 1 aromatic carbocycles. The molecule has 0 bridgehead atoms. The lowest BCUT2D eigenvalue weighted by atomic mass is 10.2. The predicted octanol–water partition coefficient (Wildman–Crippen LogP) is 1.85. The van der Waals surface area contributed by atoms with E-state index in [9.17, 15) is 0 Å². The largest absolute Gasteiger partial charge is 0.475 e. The molecule has 2 nitrogen and oxygen atoms in total. The first-order valence-corrected chi connectivity index (χ1v) is 4.12. The maximum Gasteiger partial charge on any atom is 0.216 e. The maximum absolute atomic E-state index is 5.40. The van der Waals surface area contributed by atoms with Crippen molar-refractivity contribution < 1.29 is 4.74 Å². The molecule has 0 aliphatic carbocycles. The van der Waals surface area contributed by atoms with Crippen LogP contribution < -0.4 is 0 Å². The first kappa shape index (κ1) is 7.35. The van der Waals surface area contributed by atoms with E-state index in [0.717, 1.165) is 11.5 Å². The molecule has 12 heavy (non-hydrogen) atoms. The van der Waals surface area contributed by atoms with Crippen molar-refractivity contribution in [2.75, 3.05) is 6.61 Å². The zero-order valence-corrected chi connectivity index (χ0v) is 7.03. The van der Waals surface area contributed by atoms with Crippen molar-refractivity contribution in [2.24, 2.45) is 4.99 Å². The molecule has 0 saturated carbocycles. The van der Waals surface area contributed by atoms with Gasteiger partial charge in [0.2, 0.25) is 5.90 Å². The molecule has 0 aromatic heterocycles. The number of rotatable bonds is 1. The monoisotopic (exact) mass is 161 g/mol. The third-order valence-electron chi connectivity index (χ3n) is 1.82. The molecule has 1 aromatic rings. The summed E-state index contributed by atoms with van der Waals surface area (Å²) in [5, 5.41) is 0. The Morgan fingerprint density at radius 1 is 1.33 bits per heavy atom. The van der Waals surface area contributed by atoms with Crippen LogP contribution in [0.2, 0.25) is 0 Å². The Morgan fingerprint density at radius 3 is 2.67 bits per heavy atom. The van der Waals surface area contributed by atoms with Crippen molar-refractivity contribution in [2.45, 2.75) is 13.0 Å². The SMILES string of the molecule is C[C@H]1COC(c2ccccc2)=N1. The zero-order valence-electron chi connectivity index (χ0n) is 7.03. The first-order chi connectivity index (χ1) is 5.86. The Labute approximate surface area is 71.9 Å². The minimum atomic E-state index is 0.306. The lowest BCUT2D eigenvalue weighted by Gasteiger charge is -1.98. The van der Waals surface area contributed by atoms with Crippen LogP contribution >= 0.6 is 0 Å². The summed E-state index contributed by atoms with van der Waals surface area (Å²) < 4.78 is 5.40. The molecule has 0 radical (unpaired) electrons. The van der Waals surface area contributed by atoms with Crippen molar-refractivity contribution in [3.63, 3.8) is 0 Å². The fraction of sp³-hybridized carbons (Fsp3) is 0.300. The van der Waals surface area contributed by atoms with Crippen molar-refractivity contribution >= 4 is 5.90 Å². The van der Waals surface area contributed by atoms with Crippen LogP contribution in [-0.4, -0.2) is 18.5 Å². The highest BCUT2D eigenvalue weighted by Crippen LogP contribution is 2.10. The van der Waals surface area contributed by atoms with Gasteiger partial charge in [0, 0.05) is 5.56 Å². The Kier molecular flexibility index (Phi) is 1.82. The topological polar surface area (TPSA) is 21.6 Å². The summed E-state index contributed by atoms with van der Waals surface area (Å²) >= 11 is 0. The fourth-order valence-corrected chi connectivity index (χ4v) is 1.21. The third-order valence-corrected chi connectivity index (χ3v) is 1.82. The van der Waals surface area contributed by atoms with Crippen molar-refractivity contribution in [1.82, 2.24) is 0 Å². The second kappa shape index (κ2) is 2.97. The normalized spacial score (nSPS) is 21.8. The van der Waals surface area contributed by atoms with Crippen molar-refractivity contribution in [3.05, 3.63) is 35.9 Å². The van der Waals surface area contributed by atoms with Crippen LogP contribution in [0.15, 0.2) is 35.3 Å². The minimum Gasteiger partial charge on any atom is -0.475 e. The molecule has 1 heterocycles. The fourth-order valence-electron chi connectivity index (χ4n) is 1.21. The number of ether oxygens (including phenoxy) is 1. The average Bonchev–Trinajstić information content (AvgIpc) is 2.54. The number of benzene rings is 1. The van der Waals surface area contributed by atoms with Crippen LogP contribution in [0.1, 0.15) is 12.5 Å². The van der Waals surface area contributed by atoms with E-state index in [2.05, 4.69) is 11.9 Å². The Hall–Kier alpha value is -1.31. The molecule has 1 aliphatic heterocycles. The van der Waals surface area contributed by atoms with E-state index < -0.39 is 0 Å². The Balaban J connectivity index is 2.27. The number of aliphatic imine (C=N–C) groups is 1. The van der Waals surface area contributed by atoms with E-state index in [0.29, 0.717) is 12.6 Å². The molecule has 0 amide bonds. The van der Waals surface area contributed by atoms with Gasteiger partial charge in [-0.05, 0) is 19.1 Å². The molecule has 0 saturated heterocycles. The molecule has 62 valence electrons. The van der Waals surface area contributed by atoms with Gasteiger partial charge in [0.05, 0.1) is 6.04 Å². The maximum atomic E-state index is 5.40. The first-order valence-electron chi connectivity index (χ1n) is 4.12. The Morgan fingerprint density at radius 2 is 2.08 bits per heavy atom. The van der Waals surface area contributed by atoms with E-state index in [1.165, 1.54) is 0 Å². The molecule has 0 N–H and O–H groups in total. The molecule has 1 aliphatic rings. The zero-order chi connectivity index (χ0) is 8.39. The number of hydrogen-bond donors (Lipinski definition) is 0. The van der Waals surface area contributed by atoms with Gasteiger partial charge in [-0.2, -0.15) is 0 Å². The minimum absolute atomic E-state index is 0.306. The second-order valence-electron chi connectivity index (χ2n) is 2.96. The quantitative estimate of drug-likeness (QED) is 0.616. The van der Waals surface area contributed by atoms with Gasteiger partial charge < -0.3 is 4.74 Å². The lowest BCUT2D eigenvalue weighted by molar-refractivity contribution is 0.324. The number of nitrogens with zero attached hydrogens (tertiary/aromatic N) is 1. The summed E-state index contributed by atoms with van der Waals surface area (Å²) in [6.07, 6.45) is 0. The molecule has 0 unspecified atom stereocenters. The van der Waals surface area contributed by atoms with Gasteiger partial charge in [0.15, 0.2) is 0 Å². The summed E-state index contributed by atoms with van der Waals surface area (Å²) in [4.78, 5) is 4.35. The van der Waals surface area contributed by atoms with Gasteiger partial charge in [-0.3, -0.25) is 0 Å². The van der Waals surface area contributed by atoms with Crippen molar-refractivity contribution in [1.29, 1.82) is 0 Å². The predicted molar refractivity (Wildman–Crippen MR) is 48.4 cm³/mol. The van der Waals surface area contributed by atoms with Crippen LogP contribution in [0.25, 0.3) is 0 Å². The lowest BCUT2D eigenvalue weighted by Crippen LogP contribution is -2.01. The van der Waals surface area contributed by atoms with Crippen LogP contribution in [-0.2, 0) is 4.74 Å². The van der Waals surface area contributed by atoms with Gasteiger partial charge in [0.25, 0.3) is 0 Å². The van der Waals surface area contributed by atoms with Crippen LogP contribution in [0.5, 0.6) is 0 Å². The van der Waals surface area contributed by atoms with Crippen LogP contribution in [0.4, 0.5) is 0 Å². The molecule has 0 fully saturated rings. The van der Waals surface area contributed by atoms with Gasteiger partial charge in [0.1, 0.15) is 6.61 Å². The number of hydrogen-bond acceptors (Lipinski definition) is 2. The van der Waals surface area contributed by atoms with Crippen molar-refractivity contribution in [3.8, 4) is 0 Å². The Bertz CT molecular complexity index is 292. The molecular formula is C10H11NO. The highest BCUT2D eigenvalue weighted by Gasteiger charge is 2.14. The highest BCUT2D eigenvalue weighted by molar-refractivity contribution is 5.95. The van der Waals surface area contributed by atoms with Gasteiger partial charge in [-0.25, -0.2) is 4.99 Å². The summed E-state index contributed by atoms with van der Waals surface area (Å²) in [7, 11) is 0.